The number of benzene rings is 1. The van der Waals surface area contributed by atoms with Crippen molar-refractivity contribution < 1.29 is 9.21 Å². The van der Waals surface area contributed by atoms with E-state index >= 15 is 0 Å². The third-order valence-corrected chi connectivity index (χ3v) is 4.94. The lowest BCUT2D eigenvalue weighted by Gasteiger charge is -2.16. The number of furan rings is 1. The van der Waals surface area contributed by atoms with E-state index in [4.69, 9.17) is 4.42 Å². The van der Waals surface area contributed by atoms with Crippen LogP contribution in [0.25, 0.3) is 0 Å². The summed E-state index contributed by atoms with van der Waals surface area (Å²) >= 11 is 0. The van der Waals surface area contributed by atoms with E-state index in [0.717, 1.165) is 29.2 Å². The van der Waals surface area contributed by atoms with Crippen LogP contribution in [-0.2, 0) is 13.1 Å². The van der Waals surface area contributed by atoms with Gasteiger partial charge in [0.2, 0.25) is 0 Å². The minimum Gasteiger partial charge on any atom is -0.466 e. The lowest BCUT2D eigenvalue weighted by Crippen LogP contribution is -2.36. The first-order valence-electron chi connectivity index (χ1n) is 9.43. The highest BCUT2D eigenvalue weighted by Crippen LogP contribution is 2.21. The summed E-state index contributed by atoms with van der Waals surface area (Å²) in [7, 11) is 0. The van der Waals surface area contributed by atoms with Gasteiger partial charge >= 0.3 is 6.03 Å². The van der Waals surface area contributed by atoms with Gasteiger partial charge in [0.15, 0.2) is 0 Å². The highest BCUT2D eigenvalue weighted by Gasteiger charge is 2.15. The van der Waals surface area contributed by atoms with Gasteiger partial charge in [0.1, 0.15) is 11.5 Å². The Balaban J connectivity index is 1.50. The summed E-state index contributed by atoms with van der Waals surface area (Å²) in [6.07, 6.45) is 2.60. The number of carbonyl (C=O) groups is 1. The highest BCUT2D eigenvalue weighted by atomic mass is 16.3. The summed E-state index contributed by atoms with van der Waals surface area (Å²) < 4.78 is 5.54. The van der Waals surface area contributed by atoms with Gasteiger partial charge in [0.25, 0.3) is 0 Å². The van der Waals surface area contributed by atoms with E-state index in [1.807, 2.05) is 26.8 Å². The number of hydrogen-bond donors (Lipinski definition) is 2. The molecule has 1 aromatic heterocycles. The van der Waals surface area contributed by atoms with Crippen molar-refractivity contribution in [2.24, 2.45) is 0 Å². The van der Waals surface area contributed by atoms with Crippen LogP contribution in [0.3, 0.4) is 0 Å². The molecule has 2 heterocycles. The number of urea groups is 1. The second-order valence-corrected chi connectivity index (χ2v) is 7.22. The lowest BCUT2D eigenvalue weighted by atomic mass is 10.1. The molecule has 0 radical (unpaired) electrons. The van der Waals surface area contributed by atoms with Crippen molar-refractivity contribution in [2.75, 3.05) is 13.1 Å². The number of aryl methyl sites for hydroxylation is 2. The van der Waals surface area contributed by atoms with Gasteiger partial charge in [-0.05, 0) is 63.9 Å². The maximum atomic E-state index is 12.2. The molecule has 0 unspecified atom stereocenters. The first-order chi connectivity index (χ1) is 12.5. The molecule has 0 aliphatic carbocycles. The smallest absolute Gasteiger partial charge is 0.315 e. The topological polar surface area (TPSA) is 57.5 Å². The van der Waals surface area contributed by atoms with Gasteiger partial charge in [-0.25, -0.2) is 4.79 Å². The summed E-state index contributed by atoms with van der Waals surface area (Å²) in [5.74, 6) is 1.71. The maximum absolute atomic E-state index is 12.2. The first kappa shape index (κ1) is 18.5. The van der Waals surface area contributed by atoms with Crippen LogP contribution in [0.1, 0.15) is 54.0 Å². The van der Waals surface area contributed by atoms with Crippen LogP contribution in [0.4, 0.5) is 4.79 Å². The van der Waals surface area contributed by atoms with E-state index in [1.54, 1.807) is 0 Å². The molecule has 0 bridgehead atoms. The molecule has 3 rings (SSSR count). The number of amides is 2. The van der Waals surface area contributed by atoms with Crippen LogP contribution in [0, 0.1) is 13.8 Å². The second kappa shape index (κ2) is 8.41. The Morgan fingerprint density at radius 2 is 1.92 bits per heavy atom. The Labute approximate surface area is 155 Å². The third-order valence-electron chi connectivity index (χ3n) is 4.94. The zero-order valence-electron chi connectivity index (χ0n) is 16.0. The first-order valence-corrected chi connectivity index (χ1v) is 9.43. The largest absolute Gasteiger partial charge is 0.466 e. The molecule has 1 atom stereocenters. The van der Waals surface area contributed by atoms with Crippen molar-refractivity contribution >= 4 is 6.03 Å². The average molecular weight is 355 g/mol. The number of likely N-dealkylation sites (tertiary alicyclic amines) is 1. The summed E-state index contributed by atoms with van der Waals surface area (Å²) in [5.41, 5.74) is 3.45. The SMILES string of the molecule is Cc1cc([C@@H](C)NC(=O)NCc2cccc(CN3CCCC3)c2)c(C)o1. The van der Waals surface area contributed by atoms with E-state index < -0.39 is 0 Å². The highest BCUT2D eigenvalue weighted by molar-refractivity contribution is 5.74. The Kier molecular flexibility index (Phi) is 5.99. The van der Waals surface area contributed by atoms with Gasteiger partial charge in [0.05, 0.1) is 6.04 Å². The molecule has 0 spiro atoms. The molecule has 2 N–H and O–H groups in total. The minimum absolute atomic E-state index is 0.0889. The van der Waals surface area contributed by atoms with Crippen LogP contribution >= 0.6 is 0 Å². The van der Waals surface area contributed by atoms with Gasteiger partial charge in [-0.15, -0.1) is 0 Å². The van der Waals surface area contributed by atoms with E-state index in [0.29, 0.717) is 6.54 Å². The maximum Gasteiger partial charge on any atom is 0.315 e. The Bertz CT molecular complexity index is 747. The van der Waals surface area contributed by atoms with Crippen molar-refractivity contribution in [2.45, 2.75) is 52.7 Å². The molecular weight excluding hydrogens is 326 g/mol. The van der Waals surface area contributed by atoms with Gasteiger partial charge in [-0.2, -0.15) is 0 Å². The molecule has 1 aliphatic heterocycles. The monoisotopic (exact) mass is 355 g/mol. The Hall–Kier alpha value is -2.27. The average Bonchev–Trinajstić information content (AvgIpc) is 3.22. The van der Waals surface area contributed by atoms with Gasteiger partial charge in [0, 0.05) is 18.7 Å². The third kappa shape index (κ3) is 4.88. The normalized spacial score (nSPS) is 15.8. The van der Waals surface area contributed by atoms with Crippen molar-refractivity contribution in [1.82, 2.24) is 15.5 Å². The Morgan fingerprint density at radius 3 is 2.62 bits per heavy atom. The molecule has 2 amide bonds. The summed E-state index contributed by atoms with van der Waals surface area (Å²) in [6.45, 7) is 9.70. The fourth-order valence-electron chi connectivity index (χ4n) is 3.63. The molecule has 1 aliphatic rings. The molecule has 1 saturated heterocycles. The zero-order valence-corrected chi connectivity index (χ0v) is 16.0. The molecule has 0 saturated carbocycles. The number of nitrogens with zero attached hydrogens (tertiary/aromatic N) is 1. The summed E-state index contributed by atoms with van der Waals surface area (Å²) in [6, 6.07) is 10.2. The molecule has 140 valence electrons. The molecule has 26 heavy (non-hydrogen) atoms. The van der Waals surface area contributed by atoms with Crippen LogP contribution in [0.5, 0.6) is 0 Å². The Morgan fingerprint density at radius 1 is 1.19 bits per heavy atom. The predicted molar refractivity (Wildman–Crippen MR) is 103 cm³/mol. The van der Waals surface area contributed by atoms with Crippen LogP contribution in [0.2, 0.25) is 0 Å². The van der Waals surface area contributed by atoms with E-state index in [-0.39, 0.29) is 12.1 Å². The molecule has 1 fully saturated rings. The molecule has 5 heteroatoms. The van der Waals surface area contributed by atoms with Crippen molar-refractivity contribution in [3.05, 3.63) is 58.5 Å². The van der Waals surface area contributed by atoms with Gasteiger partial charge < -0.3 is 15.1 Å². The van der Waals surface area contributed by atoms with E-state index in [9.17, 15) is 4.79 Å². The van der Waals surface area contributed by atoms with Gasteiger partial charge in [-0.3, -0.25) is 4.90 Å². The fourth-order valence-corrected chi connectivity index (χ4v) is 3.63. The van der Waals surface area contributed by atoms with Crippen molar-refractivity contribution in [3.8, 4) is 0 Å². The molecule has 5 nitrogen and oxygen atoms in total. The quantitative estimate of drug-likeness (QED) is 0.822. The number of nitrogens with one attached hydrogen (secondary N) is 2. The number of carbonyl (C=O) groups excluding carboxylic acids is 1. The number of rotatable bonds is 6. The van der Waals surface area contributed by atoms with Crippen LogP contribution in [-0.4, -0.2) is 24.0 Å². The van der Waals surface area contributed by atoms with Crippen LogP contribution < -0.4 is 10.6 Å². The molecular formula is C21H29N3O2. The second-order valence-electron chi connectivity index (χ2n) is 7.22. The summed E-state index contributed by atoms with van der Waals surface area (Å²) in [4.78, 5) is 14.7. The standard InChI is InChI=1S/C21H29N3O2/c1-15-11-20(17(3)26-15)16(2)23-21(25)22-13-18-7-6-8-19(12-18)14-24-9-4-5-10-24/h6-8,11-12,16H,4-5,9-10,13-14H2,1-3H3,(H2,22,23,25)/t16-/m1/s1. The minimum atomic E-state index is -0.166. The van der Waals surface area contributed by atoms with E-state index in [2.05, 4.69) is 39.8 Å². The molecule has 2 aromatic rings. The van der Waals surface area contributed by atoms with Crippen molar-refractivity contribution in [3.63, 3.8) is 0 Å². The van der Waals surface area contributed by atoms with Crippen LogP contribution in [0.15, 0.2) is 34.7 Å². The summed E-state index contributed by atoms with van der Waals surface area (Å²) in [5, 5.41) is 5.93. The lowest BCUT2D eigenvalue weighted by molar-refractivity contribution is 0.237. The van der Waals surface area contributed by atoms with Gasteiger partial charge in [-0.1, -0.05) is 24.3 Å². The fraction of sp³-hybridized carbons (Fsp3) is 0.476. The predicted octanol–water partition coefficient (Wildman–Crippen LogP) is 4.05. The van der Waals surface area contributed by atoms with E-state index in [1.165, 1.54) is 31.5 Å². The number of hydrogen-bond acceptors (Lipinski definition) is 3. The van der Waals surface area contributed by atoms with Crippen molar-refractivity contribution in [1.29, 1.82) is 0 Å². The zero-order chi connectivity index (χ0) is 18.5. The molecule has 1 aromatic carbocycles.